The van der Waals surface area contributed by atoms with Crippen LogP contribution in [0.3, 0.4) is 0 Å². The predicted octanol–water partition coefficient (Wildman–Crippen LogP) is 2.93. The van der Waals surface area contributed by atoms with Gasteiger partial charge in [0.15, 0.2) is 17.5 Å². The van der Waals surface area contributed by atoms with Crippen LogP contribution in [0.5, 0.6) is 0 Å². The number of hydrogen-bond acceptors (Lipinski definition) is 2. The van der Waals surface area contributed by atoms with E-state index in [-0.39, 0.29) is 0 Å². The summed E-state index contributed by atoms with van der Waals surface area (Å²) in [6.45, 7) is 2.65. The number of rotatable bonds is 5. The smallest absolute Gasteiger partial charge is 0.194 e. The van der Waals surface area contributed by atoms with Crippen LogP contribution in [-0.4, -0.2) is 16.3 Å². The topological polar surface area (TPSA) is 29.9 Å². The molecule has 0 aliphatic carbocycles. The number of nitrogens with one attached hydrogen (secondary N) is 1. The summed E-state index contributed by atoms with van der Waals surface area (Å²) in [5.41, 5.74) is 1.09. The van der Waals surface area contributed by atoms with Gasteiger partial charge in [-0.1, -0.05) is 6.92 Å². The average molecular weight is 283 g/mol. The highest BCUT2D eigenvalue weighted by molar-refractivity contribution is 5.29. The van der Waals surface area contributed by atoms with Crippen molar-refractivity contribution in [2.45, 2.75) is 19.4 Å². The van der Waals surface area contributed by atoms with E-state index in [0.717, 1.165) is 24.2 Å². The van der Waals surface area contributed by atoms with Crippen molar-refractivity contribution in [2.75, 3.05) is 6.54 Å². The monoisotopic (exact) mass is 283 g/mol. The van der Waals surface area contributed by atoms with Crippen molar-refractivity contribution in [1.82, 2.24) is 15.1 Å². The Kier molecular flexibility index (Phi) is 4.44. The molecule has 1 aromatic carbocycles. The summed E-state index contributed by atoms with van der Waals surface area (Å²) >= 11 is 0. The van der Waals surface area contributed by atoms with Crippen LogP contribution in [0.4, 0.5) is 13.2 Å². The van der Waals surface area contributed by atoms with Gasteiger partial charge in [0.2, 0.25) is 0 Å². The van der Waals surface area contributed by atoms with E-state index in [1.807, 2.05) is 6.92 Å². The molecule has 3 nitrogen and oxygen atoms in total. The minimum Gasteiger partial charge on any atom is -0.305 e. The molecule has 1 heterocycles. The molecule has 108 valence electrons. The zero-order valence-electron chi connectivity index (χ0n) is 11.3. The van der Waals surface area contributed by atoms with Gasteiger partial charge in [-0.15, -0.1) is 0 Å². The third-order valence-electron chi connectivity index (χ3n) is 3.09. The van der Waals surface area contributed by atoms with Gasteiger partial charge in [0.25, 0.3) is 0 Å². The molecule has 2 rings (SSSR count). The highest BCUT2D eigenvalue weighted by Gasteiger charge is 2.20. The molecule has 6 heteroatoms. The molecule has 0 amide bonds. The summed E-state index contributed by atoms with van der Waals surface area (Å²) < 4.78 is 41.5. The van der Waals surface area contributed by atoms with Crippen molar-refractivity contribution in [2.24, 2.45) is 7.05 Å². The van der Waals surface area contributed by atoms with Gasteiger partial charge >= 0.3 is 0 Å². The van der Waals surface area contributed by atoms with Gasteiger partial charge in [0, 0.05) is 13.2 Å². The number of hydrogen-bond donors (Lipinski definition) is 1. The van der Waals surface area contributed by atoms with Gasteiger partial charge in [-0.05, 0) is 36.7 Å². The van der Waals surface area contributed by atoms with Crippen LogP contribution in [-0.2, 0) is 7.05 Å². The Balaban J connectivity index is 2.44. The van der Waals surface area contributed by atoms with Gasteiger partial charge in [0.1, 0.15) is 0 Å². The molecule has 0 saturated carbocycles. The second-order valence-electron chi connectivity index (χ2n) is 4.57. The predicted molar refractivity (Wildman–Crippen MR) is 69.7 cm³/mol. The van der Waals surface area contributed by atoms with Gasteiger partial charge in [-0.25, -0.2) is 13.2 Å². The Morgan fingerprint density at radius 2 is 1.90 bits per heavy atom. The maximum Gasteiger partial charge on any atom is 0.194 e. The Labute approximate surface area is 115 Å². The minimum atomic E-state index is -1.45. The number of aryl methyl sites for hydroxylation is 1. The molecule has 1 aromatic heterocycles. The molecule has 0 fully saturated rings. The lowest BCUT2D eigenvalue weighted by molar-refractivity contribution is 0.441. The molecular weight excluding hydrogens is 267 g/mol. The van der Waals surface area contributed by atoms with Crippen molar-refractivity contribution in [1.29, 1.82) is 0 Å². The standard InChI is InChI=1S/C14H16F3N3/c1-3-5-18-14(12-4-6-19-20(12)2)9-7-10(15)13(17)11(16)8-9/h4,6-8,14,18H,3,5H2,1-2H3. The van der Waals surface area contributed by atoms with E-state index in [2.05, 4.69) is 10.4 Å². The molecule has 20 heavy (non-hydrogen) atoms. The highest BCUT2D eigenvalue weighted by Crippen LogP contribution is 2.24. The van der Waals surface area contributed by atoms with E-state index in [0.29, 0.717) is 12.1 Å². The van der Waals surface area contributed by atoms with Crippen molar-refractivity contribution in [3.8, 4) is 0 Å². The fraction of sp³-hybridized carbons (Fsp3) is 0.357. The van der Waals surface area contributed by atoms with E-state index in [9.17, 15) is 13.2 Å². The Morgan fingerprint density at radius 3 is 2.40 bits per heavy atom. The number of benzene rings is 1. The van der Waals surface area contributed by atoms with Gasteiger partial charge in [-0.2, -0.15) is 5.10 Å². The van der Waals surface area contributed by atoms with Crippen LogP contribution < -0.4 is 5.32 Å². The van der Waals surface area contributed by atoms with E-state index in [1.165, 1.54) is 0 Å². The van der Waals surface area contributed by atoms with E-state index >= 15 is 0 Å². The molecule has 0 bridgehead atoms. The van der Waals surface area contributed by atoms with Crippen LogP contribution in [0.2, 0.25) is 0 Å². The number of aromatic nitrogens is 2. The number of nitrogens with zero attached hydrogens (tertiary/aromatic N) is 2. The Bertz CT molecular complexity index is 572. The molecule has 1 N–H and O–H groups in total. The van der Waals surface area contributed by atoms with Crippen LogP contribution in [0, 0.1) is 17.5 Å². The first-order valence-corrected chi connectivity index (χ1v) is 6.40. The third kappa shape index (κ3) is 2.85. The van der Waals surface area contributed by atoms with Crippen LogP contribution in [0.1, 0.15) is 30.6 Å². The van der Waals surface area contributed by atoms with Gasteiger partial charge in [-0.3, -0.25) is 4.68 Å². The van der Waals surface area contributed by atoms with E-state index in [4.69, 9.17) is 0 Å². The summed E-state index contributed by atoms with van der Waals surface area (Å²) in [5, 5.41) is 7.23. The first-order chi connectivity index (χ1) is 9.54. The lowest BCUT2D eigenvalue weighted by atomic mass is 10.0. The normalized spacial score (nSPS) is 12.7. The minimum absolute atomic E-state index is 0.332. The van der Waals surface area contributed by atoms with Crippen LogP contribution in [0.15, 0.2) is 24.4 Å². The van der Waals surface area contributed by atoms with Crippen molar-refractivity contribution in [3.63, 3.8) is 0 Å². The Hall–Kier alpha value is -1.82. The largest absolute Gasteiger partial charge is 0.305 e. The fourth-order valence-electron chi connectivity index (χ4n) is 2.09. The quantitative estimate of drug-likeness (QED) is 0.855. The maximum atomic E-state index is 13.4. The zero-order chi connectivity index (χ0) is 14.7. The molecular formula is C14H16F3N3. The maximum absolute atomic E-state index is 13.4. The Morgan fingerprint density at radius 1 is 1.25 bits per heavy atom. The molecule has 0 aliphatic heterocycles. The first kappa shape index (κ1) is 14.6. The van der Waals surface area contributed by atoms with E-state index < -0.39 is 23.5 Å². The fourth-order valence-corrected chi connectivity index (χ4v) is 2.09. The first-order valence-electron chi connectivity index (χ1n) is 6.40. The van der Waals surface area contributed by atoms with Crippen molar-refractivity contribution < 1.29 is 13.2 Å². The van der Waals surface area contributed by atoms with E-state index in [1.54, 1.807) is 24.0 Å². The molecule has 0 spiro atoms. The second kappa shape index (κ2) is 6.09. The van der Waals surface area contributed by atoms with Crippen molar-refractivity contribution in [3.05, 3.63) is 53.1 Å². The molecule has 1 atom stereocenters. The van der Waals surface area contributed by atoms with Gasteiger partial charge < -0.3 is 5.32 Å². The molecule has 2 aromatic rings. The lowest BCUT2D eigenvalue weighted by Crippen LogP contribution is -2.25. The van der Waals surface area contributed by atoms with Crippen LogP contribution >= 0.6 is 0 Å². The molecule has 1 unspecified atom stereocenters. The highest BCUT2D eigenvalue weighted by atomic mass is 19.2. The zero-order valence-corrected chi connectivity index (χ0v) is 11.3. The van der Waals surface area contributed by atoms with Crippen molar-refractivity contribution >= 4 is 0 Å². The molecule has 0 radical (unpaired) electrons. The third-order valence-corrected chi connectivity index (χ3v) is 3.09. The second-order valence-corrected chi connectivity index (χ2v) is 4.57. The molecule has 0 aliphatic rings. The summed E-state index contributed by atoms with van der Waals surface area (Å²) in [6, 6.07) is 3.34. The lowest BCUT2D eigenvalue weighted by Gasteiger charge is -2.19. The summed E-state index contributed by atoms with van der Waals surface area (Å²) in [6.07, 6.45) is 2.46. The molecule has 0 saturated heterocycles. The summed E-state index contributed by atoms with van der Waals surface area (Å²) in [5.74, 6) is -3.83. The SMILES string of the molecule is CCCNC(c1cc(F)c(F)c(F)c1)c1ccnn1C. The van der Waals surface area contributed by atoms with Gasteiger partial charge in [0.05, 0.1) is 11.7 Å². The number of halogens is 3. The summed E-state index contributed by atoms with van der Waals surface area (Å²) in [7, 11) is 1.74. The van der Waals surface area contributed by atoms with Crippen LogP contribution in [0.25, 0.3) is 0 Å². The summed E-state index contributed by atoms with van der Waals surface area (Å²) in [4.78, 5) is 0. The average Bonchev–Trinajstić information content (AvgIpc) is 2.83.